The first-order chi connectivity index (χ1) is 26.7. The van der Waals surface area contributed by atoms with Gasteiger partial charge in [-0.15, -0.1) is 0 Å². The summed E-state index contributed by atoms with van der Waals surface area (Å²) in [6, 6.07) is 29.9. The topological polar surface area (TPSA) is 128 Å². The van der Waals surface area contributed by atoms with Crippen LogP contribution in [0.1, 0.15) is 58.1 Å². The Labute approximate surface area is 329 Å². The van der Waals surface area contributed by atoms with Gasteiger partial charge in [0.2, 0.25) is 11.8 Å². The van der Waals surface area contributed by atoms with Crippen molar-refractivity contribution in [3.63, 3.8) is 0 Å². The zero-order valence-corrected chi connectivity index (χ0v) is 33.2. The van der Waals surface area contributed by atoms with Crippen LogP contribution in [0.2, 0.25) is 0 Å². The first kappa shape index (κ1) is 39.5. The molecule has 0 radical (unpaired) electrons. The molecule has 0 bridgehead atoms. The number of fused-ring (bicyclic) bond motifs is 2. The fraction of sp³-hybridized carbons (Fsp3) is 0.302. The normalized spacial score (nSPS) is 12.4. The number of carbonyl (C=O) groups excluding carboxylic acids is 2. The Kier molecular flexibility index (Phi) is 13.2. The standard InChI is InChI=1S/C43H46N6O4S2/c1-5-28-18-22-30(23-19-28)44-38(50)36(7-3)54-42-46-34-16-11-9-14-32(34)40(52)48(42)26-13-27-49-41(53)33-15-10-12-17-35(33)47-43(49)55-37(8-4)39(51)45-31-24-20-29(6-2)21-25-31/h9-12,14-25,36-37H,5-8,13,26-27H2,1-4H3,(H,44,50)(H,45,51)/t36-,37-/m0/s1. The fourth-order valence-corrected chi connectivity index (χ4v) is 8.33. The van der Waals surface area contributed by atoms with Gasteiger partial charge in [0.25, 0.3) is 11.1 Å². The van der Waals surface area contributed by atoms with Crippen LogP contribution in [0.4, 0.5) is 11.4 Å². The van der Waals surface area contributed by atoms with E-state index in [-0.39, 0.29) is 36.0 Å². The average molecular weight is 775 g/mol. The van der Waals surface area contributed by atoms with Crippen molar-refractivity contribution in [2.45, 2.75) is 93.7 Å². The number of anilines is 2. The summed E-state index contributed by atoms with van der Waals surface area (Å²) in [5.74, 6) is -0.345. The molecule has 2 amide bonds. The van der Waals surface area contributed by atoms with Gasteiger partial charge in [0.1, 0.15) is 0 Å². The van der Waals surface area contributed by atoms with Crippen LogP contribution in [0.5, 0.6) is 0 Å². The first-order valence-corrected chi connectivity index (χ1v) is 20.6. The van der Waals surface area contributed by atoms with Crippen LogP contribution < -0.4 is 21.8 Å². The second-order valence-corrected chi connectivity index (χ2v) is 15.5. The number of nitrogens with one attached hydrogen (secondary N) is 2. The van der Waals surface area contributed by atoms with Crippen molar-refractivity contribution in [1.82, 2.24) is 19.1 Å². The maximum absolute atomic E-state index is 14.0. The van der Waals surface area contributed by atoms with Gasteiger partial charge in [-0.25, -0.2) is 9.97 Å². The number of aryl methyl sites for hydroxylation is 2. The summed E-state index contributed by atoms with van der Waals surface area (Å²) in [6.45, 7) is 8.52. The van der Waals surface area contributed by atoms with E-state index in [1.807, 2.05) is 74.5 Å². The number of nitrogens with zero attached hydrogens (tertiary/aromatic N) is 4. The van der Waals surface area contributed by atoms with Crippen LogP contribution >= 0.6 is 23.5 Å². The van der Waals surface area contributed by atoms with Gasteiger partial charge in [-0.1, -0.05) is 99.7 Å². The molecule has 0 aliphatic carbocycles. The van der Waals surface area contributed by atoms with E-state index in [0.29, 0.717) is 62.8 Å². The zero-order valence-electron chi connectivity index (χ0n) is 31.6. The molecule has 0 saturated carbocycles. The van der Waals surface area contributed by atoms with Gasteiger partial charge in [-0.2, -0.15) is 0 Å². The highest BCUT2D eigenvalue weighted by Crippen LogP contribution is 2.28. The van der Waals surface area contributed by atoms with Crippen molar-refractivity contribution < 1.29 is 9.59 Å². The maximum Gasteiger partial charge on any atom is 0.262 e. The van der Waals surface area contributed by atoms with E-state index in [0.717, 1.165) is 12.8 Å². The molecule has 284 valence electrons. The molecular weight excluding hydrogens is 729 g/mol. The highest BCUT2D eigenvalue weighted by molar-refractivity contribution is 8.00. The molecule has 4 aromatic carbocycles. The van der Waals surface area contributed by atoms with Gasteiger partial charge in [-0.3, -0.25) is 28.3 Å². The third-order valence-corrected chi connectivity index (χ3v) is 12.2. The minimum Gasteiger partial charge on any atom is -0.325 e. The van der Waals surface area contributed by atoms with Gasteiger partial charge in [0, 0.05) is 24.5 Å². The summed E-state index contributed by atoms with van der Waals surface area (Å²) in [4.78, 5) is 64.8. The minimum atomic E-state index is -0.512. The lowest BCUT2D eigenvalue weighted by Crippen LogP contribution is -2.30. The lowest BCUT2D eigenvalue weighted by molar-refractivity contribution is -0.116. The van der Waals surface area contributed by atoms with Gasteiger partial charge in [0.05, 0.1) is 32.3 Å². The van der Waals surface area contributed by atoms with Crippen LogP contribution in [0.15, 0.2) is 117 Å². The fourth-order valence-electron chi connectivity index (χ4n) is 6.25. The Morgan fingerprint density at radius 2 is 0.964 bits per heavy atom. The lowest BCUT2D eigenvalue weighted by atomic mass is 10.1. The summed E-state index contributed by atoms with van der Waals surface area (Å²) in [5.41, 5.74) is 4.45. The molecule has 6 aromatic rings. The number of carbonyl (C=O) groups is 2. The first-order valence-electron chi connectivity index (χ1n) is 18.8. The van der Waals surface area contributed by atoms with Crippen LogP contribution in [-0.2, 0) is 35.5 Å². The molecule has 0 aliphatic rings. The van der Waals surface area contributed by atoms with Crippen molar-refractivity contribution in [2.24, 2.45) is 0 Å². The molecule has 0 saturated heterocycles. The zero-order chi connectivity index (χ0) is 38.9. The summed E-state index contributed by atoms with van der Waals surface area (Å²) >= 11 is 2.52. The largest absolute Gasteiger partial charge is 0.325 e. The SMILES string of the molecule is CCc1ccc(NC(=O)[C@H](CC)Sc2nc3ccccc3c(=O)n2CCCn2c(S[C@@H](CC)C(=O)Nc3ccc(CC)cc3)nc3ccccc3c2=O)cc1. The molecule has 2 atom stereocenters. The van der Waals surface area contributed by atoms with Crippen LogP contribution in [0.25, 0.3) is 21.8 Å². The number of rotatable bonds is 16. The van der Waals surface area contributed by atoms with Crippen molar-refractivity contribution in [2.75, 3.05) is 10.6 Å². The summed E-state index contributed by atoms with van der Waals surface area (Å²) in [6.07, 6.45) is 3.23. The second-order valence-electron chi connectivity index (χ2n) is 13.2. The van der Waals surface area contributed by atoms with Crippen molar-refractivity contribution >= 4 is 68.5 Å². The van der Waals surface area contributed by atoms with Crippen molar-refractivity contribution in [3.05, 3.63) is 129 Å². The monoisotopic (exact) mass is 774 g/mol. The Bertz CT molecular complexity index is 2240. The van der Waals surface area contributed by atoms with E-state index >= 15 is 0 Å². The van der Waals surface area contributed by atoms with Crippen molar-refractivity contribution in [3.8, 4) is 0 Å². The maximum atomic E-state index is 14.0. The molecule has 10 nitrogen and oxygen atoms in total. The van der Waals surface area contributed by atoms with Gasteiger partial charge in [0.15, 0.2) is 10.3 Å². The van der Waals surface area contributed by atoms with Crippen LogP contribution in [-0.4, -0.2) is 41.4 Å². The van der Waals surface area contributed by atoms with Crippen molar-refractivity contribution in [1.29, 1.82) is 0 Å². The summed E-state index contributed by atoms with van der Waals surface area (Å²) in [7, 11) is 0. The molecule has 2 heterocycles. The number of para-hydroxylation sites is 2. The molecule has 0 fully saturated rings. The molecular formula is C43H46N6O4S2. The van der Waals surface area contributed by atoms with Crippen LogP contribution in [0, 0.1) is 0 Å². The average Bonchev–Trinajstić information content (AvgIpc) is 3.21. The molecule has 12 heteroatoms. The van der Waals surface area contributed by atoms with E-state index in [4.69, 9.17) is 9.97 Å². The van der Waals surface area contributed by atoms with E-state index in [2.05, 4.69) is 24.5 Å². The van der Waals surface area contributed by atoms with E-state index in [9.17, 15) is 19.2 Å². The van der Waals surface area contributed by atoms with E-state index in [1.54, 1.807) is 45.5 Å². The smallest absolute Gasteiger partial charge is 0.262 e. The summed E-state index contributed by atoms with van der Waals surface area (Å²) in [5, 5.41) is 6.83. The Hall–Kier alpha value is -5.20. The van der Waals surface area contributed by atoms with Gasteiger partial charge in [-0.05, 0) is 91.8 Å². The molecule has 0 spiro atoms. The number of amides is 2. The molecule has 0 unspecified atom stereocenters. The molecule has 55 heavy (non-hydrogen) atoms. The predicted octanol–water partition coefficient (Wildman–Crippen LogP) is 8.34. The third kappa shape index (κ3) is 9.37. The Morgan fingerprint density at radius 1 is 0.582 bits per heavy atom. The number of hydrogen-bond donors (Lipinski definition) is 2. The van der Waals surface area contributed by atoms with Gasteiger partial charge >= 0.3 is 0 Å². The molecule has 0 aliphatic heterocycles. The molecule has 2 N–H and O–H groups in total. The quantitative estimate of drug-likeness (QED) is 0.0743. The third-order valence-electron chi connectivity index (χ3n) is 9.50. The number of aromatic nitrogens is 4. The summed E-state index contributed by atoms with van der Waals surface area (Å²) < 4.78 is 3.22. The highest BCUT2D eigenvalue weighted by Gasteiger charge is 2.24. The number of hydrogen-bond acceptors (Lipinski definition) is 8. The minimum absolute atomic E-state index is 0.173. The lowest BCUT2D eigenvalue weighted by Gasteiger charge is -2.20. The molecule has 6 rings (SSSR count). The van der Waals surface area contributed by atoms with Gasteiger partial charge < -0.3 is 10.6 Å². The van der Waals surface area contributed by atoms with Crippen LogP contribution in [0.3, 0.4) is 0 Å². The predicted molar refractivity (Wildman–Crippen MR) is 225 cm³/mol. The second kappa shape index (κ2) is 18.4. The van der Waals surface area contributed by atoms with E-state index < -0.39 is 10.5 Å². The highest BCUT2D eigenvalue weighted by atomic mass is 32.2. The molecule has 2 aromatic heterocycles. The Morgan fingerprint density at radius 3 is 1.33 bits per heavy atom. The van der Waals surface area contributed by atoms with E-state index in [1.165, 1.54) is 34.7 Å². The Balaban J connectivity index is 1.26. The number of thioether (sulfide) groups is 2. The number of benzene rings is 4.